The van der Waals surface area contributed by atoms with E-state index in [1.807, 2.05) is 31.3 Å². The number of fused-ring (bicyclic) bond motifs is 1. The monoisotopic (exact) mass is 584 g/mol. The molecule has 0 unspecified atom stereocenters. The van der Waals surface area contributed by atoms with Crippen LogP contribution >= 0.6 is 0 Å². The summed E-state index contributed by atoms with van der Waals surface area (Å²) >= 11 is 0. The van der Waals surface area contributed by atoms with Crippen LogP contribution in [0.15, 0.2) is 70.4 Å². The molecule has 1 aliphatic heterocycles. The van der Waals surface area contributed by atoms with Gasteiger partial charge in [-0.2, -0.15) is 0 Å². The highest BCUT2D eigenvalue weighted by atomic mass is 19.1. The zero-order chi connectivity index (χ0) is 29.9. The van der Waals surface area contributed by atoms with Crippen LogP contribution in [0, 0.1) is 5.82 Å². The van der Waals surface area contributed by atoms with E-state index in [1.165, 1.54) is 32.7 Å². The normalized spacial score (nSPS) is 20.3. The minimum absolute atomic E-state index is 0.118. The van der Waals surface area contributed by atoms with Gasteiger partial charge in [0, 0.05) is 31.7 Å². The van der Waals surface area contributed by atoms with Gasteiger partial charge in [-0.05, 0) is 101 Å². The summed E-state index contributed by atoms with van der Waals surface area (Å²) in [5.74, 6) is -0.597. The number of nitrogens with zero attached hydrogens (tertiary/aromatic N) is 5. The van der Waals surface area contributed by atoms with E-state index in [-0.39, 0.29) is 17.1 Å². The van der Waals surface area contributed by atoms with Gasteiger partial charge in [0.15, 0.2) is 5.65 Å². The summed E-state index contributed by atoms with van der Waals surface area (Å²) in [5, 5.41) is 3.41. The third-order valence-electron chi connectivity index (χ3n) is 9.18. The molecule has 0 radical (unpaired) electrons. The molecule has 3 heterocycles. The first kappa shape index (κ1) is 29.4. The standard InChI is InChI=1S/C34H41FN6O2/c1-36-28-11-13-29(14-12-28)41-33(42)31-21-27(35)22-37-32(31)40(34(41)43)30-6-3-5-26(20-30)19-24-7-9-25(10-8-24)23-39-16-4-15-38(2)17-18-39/h3,5-10,20-22,28-29,36H,4,11-19,23H2,1-2H3. The highest BCUT2D eigenvalue weighted by Crippen LogP contribution is 2.27. The lowest BCUT2D eigenvalue weighted by atomic mass is 9.91. The van der Waals surface area contributed by atoms with Crippen molar-refractivity contribution in [3.63, 3.8) is 0 Å². The topological polar surface area (TPSA) is 75.4 Å². The lowest BCUT2D eigenvalue weighted by molar-refractivity contribution is 0.269. The average Bonchev–Trinajstić information content (AvgIpc) is 3.22. The number of halogens is 1. The van der Waals surface area contributed by atoms with Gasteiger partial charge in [-0.15, -0.1) is 0 Å². The molecular formula is C34H41FN6O2. The van der Waals surface area contributed by atoms with Crippen molar-refractivity contribution in [1.82, 2.24) is 29.2 Å². The summed E-state index contributed by atoms with van der Waals surface area (Å²) in [5.41, 5.74) is 3.43. The lowest BCUT2D eigenvalue weighted by Crippen LogP contribution is -2.44. The Bertz CT molecular complexity index is 1690. The summed E-state index contributed by atoms with van der Waals surface area (Å²) in [4.78, 5) is 36.7. The molecule has 4 aromatic rings. The smallest absolute Gasteiger partial charge is 0.317 e. The second kappa shape index (κ2) is 12.9. The van der Waals surface area contributed by atoms with Crippen molar-refractivity contribution >= 4 is 11.0 Å². The molecule has 1 saturated carbocycles. The van der Waals surface area contributed by atoms with Gasteiger partial charge in [0.05, 0.1) is 17.3 Å². The number of nitrogens with one attached hydrogen (secondary N) is 1. The molecule has 226 valence electrons. The maximum absolute atomic E-state index is 14.3. The van der Waals surface area contributed by atoms with E-state index in [9.17, 15) is 14.0 Å². The summed E-state index contributed by atoms with van der Waals surface area (Å²) in [6.45, 7) is 5.43. The third-order valence-corrected chi connectivity index (χ3v) is 9.18. The van der Waals surface area contributed by atoms with Gasteiger partial charge in [0.1, 0.15) is 5.82 Å². The molecule has 2 aromatic heterocycles. The predicted molar refractivity (Wildman–Crippen MR) is 169 cm³/mol. The Hall–Kier alpha value is -3.66. The summed E-state index contributed by atoms with van der Waals surface area (Å²) in [6, 6.07) is 17.9. The fraction of sp³-hybridized carbons (Fsp3) is 0.441. The Morgan fingerprint density at radius 2 is 1.67 bits per heavy atom. The van der Waals surface area contributed by atoms with Crippen LogP contribution in [0.5, 0.6) is 0 Å². The van der Waals surface area contributed by atoms with Crippen molar-refractivity contribution in [3.8, 4) is 5.69 Å². The van der Waals surface area contributed by atoms with Crippen LogP contribution in [-0.2, 0) is 13.0 Å². The largest absolute Gasteiger partial charge is 0.337 e. The summed E-state index contributed by atoms with van der Waals surface area (Å²) in [6.07, 6.45) is 6.12. The second-order valence-corrected chi connectivity index (χ2v) is 12.2. The zero-order valence-electron chi connectivity index (χ0n) is 25.1. The highest BCUT2D eigenvalue weighted by Gasteiger charge is 2.26. The number of rotatable bonds is 7. The molecule has 2 aromatic carbocycles. The Morgan fingerprint density at radius 1 is 0.907 bits per heavy atom. The van der Waals surface area contributed by atoms with Crippen LogP contribution in [-0.4, -0.2) is 70.2 Å². The molecule has 2 aliphatic rings. The molecule has 0 bridgehead atoms. The van der Waals surface area contributed by atoms with Gasteiger partial charge in [0.2, 0.25) is 0 Å². The molecule has 0 spiro atoms. The number of aromatic nitrogens is 3. The van der Waals surface area contributed by atoms with Gasteiger partial charge < -0.3 is 10.2 Å². The van der Waals surface area contributed by atoms with E-state index in [2.05, 4.69) is 51.4 Å². The van der Waals surface area contributed by atoms with Gasteiger partial charge in [-0.1, -0.05) is 36.4 Å². The van der Waals surface area contributed by atoms with Crippen LogP contribution in [0.4, 0.5) is 4.39 Å². The number of likely N-dealkylation sites (N-methyl/N-ethyl adjacent to an activating group) is 1. The predicted octanol–water partition coefficient (Wildman–Crippen LogP) is 4.12. The van der Waals surface area contributed by atoms with Crippen molar-refractivity contribution in [3.05, 3.63) is 104 Å². The molecule has 2 fully saturated rings. The molecule has 8 nitrogen and oxygen atoms in total. The van der Waals surface area contributed by atoms with Crippen LogP contribution in [0.3, 0.4) is 0 Å². The Balaban J connectivity index is 1.28. The molecule has 1 aliphatic carbocycles. The number of hydrogen-bond donors (Lipinski definition) is 1. The number of benzene rings is 2. The van der Waals surface area contributed by atoms with E-state index in [0.717, 1.165) is 57.3 Å². The van der Waals surface area contributed by atoms with Crippen molar-refractivity contribution in [2.75, 3.05) is 40.3 Å². The molecule has 43 heavy (non-hydrogen) atoms. The van der Waals surface area contributed by atoms with Crippen LogP contribution in [0.2, 0.25) is 0 Å². The molecule has 9 heteroatoms. The number of hydrogen-bond acceptors (Lipinski definition) is 6. The van der Waals surface area contributed by atoms with E-state index in [4.69, 9.17) is 0 Å². The van der Waals surface area contributed by atoms with Crippen LogP contribution < -0.4 is 16.6 Å². The van der Waals surface area contributed by atoms with E-state index in [1.54, 1.807) is 0 Å². The Kier molecular flexibility index (Phi) is 8.83. The fourth-order valence-electron chi connectivity index (χ4n) is 6.68. The van der Waals surface area contributed by atoms with Crippen LogP contribution in [0.25, 0.3) is 16.7 Å². The van der Waals surface area contributed by atoms with Crippen LogP contribution in [0.1, 0.15) is 54.8 Å². The SMILES string of the molecule is CNC1CCC(n2c(=O)c3cc(F)cnc3n(-c3cccc(Cc4ccc(CN5CCCN(C)CC5)cc4)c3)c2=O)CC1. The van der Waals surface area contributed by atoms with Crippen molar-refractivity contribution in [1.29, 1.82) is 0 Å². The molecular weight excluding hydrogens is 543 g/mol. The summed E-state index contributed by atoms with van der Waals surface area (Å²) in [7, 11) is 4.13. The maximum Gasteiger partial charge on any atom is 0.337 e. The average molecular weight is 585 g/mol. The molecule has 1 saturated heterocycles. The minimum Gasteiger partial charge on any atom is -0.317 e. The van der Waals surface area contributed by atoms with E-state index < -0.39 is 17.1 Å². The van der Waals surface area contributed by atoms with Gasteiger partial charge in [-0.25, -0.2) is 18.7 Å². The molecule has 1 N–H and O–H groups in total. The van der Waals surface area contributed by atoms with Crippen molar-refractivity contribution in [2.24, 2.45) is 0 Å². The lowest BCUT2D eigenvalue weighted by Gasteiger charge is -2.29. The second-order valence-electron chi connectivity index (χ2n) is 12.2. The van der Waals surface area contributed by atoms with Gasteiger partial charge in [-0.3, -0.25) is 14.3 Å². The highest BCUT2D eigenvalue weighted by molar-refractivity contribution is 5.75. The first-order valence-corrected chi connectivity index (χ1v) is 15.5. The van der Waals surface area contributed by atoms with Crippen molar-refractivity contribution < 1.29 is 4.39 Å². The van der Waals surface area contributed by atoms with Gasteiger partial charge in [0.25, 0.3) is 5.56 Å². The van der Waals surface area contributed by atoms with Crippen molar-refractivity contribution in [2.45, 2.75) is 57.2 Å². The van der Waals surface area contributed by atoms with E-state index in [0.29, 0.717) is 31.0 Å². The number of pyridine rings is 1. The zero-order valence-corrected chi connectivity index (χ0v) is 25.1. The minimum atomic E-state index is -0.597. The fourth-order valence-corrected chi connectivity index (χ4v) is 6.68. The Labute approximate surface area is 251 Å². The molecule has 6 rings (SSSR count). The first-order chi connectivity index (χ1) is 20.9. The Morgan fingerprint density at radius 3 is 2.44 bits per heavy atom. The van der Waals surface area contributed by atoms with Gasteiger partial charge >= 0.3 is 5.69 Å². The van der Waals surface area contributed by atoms with E-state index >= 15 is 0 Å². The maximum atomic E-state index is 14.3. The molecule has 0 amide bonds. The molecule has 0 atom stereocenters. The third kappa shape index (κ3) is 6.49. The first-order valence-electron chi connectivity index (χ1n) is 15.5. The quantitative estimate of drug-likeness (QED) is 0.352. The summed E-state index contributed by atoms with van der Waals surface area (Å²) < 4.78 is 17.1.